The first-order chi connectivity index (χ1) is 8.80. The van der Waals surface area contributed by atoms with Gasteiger partial charge < -0.3 is 9.47 Å². The highest BCUT2D eigenvalue weighted by molar-refractivity contribution is 7.99. The first kappa shape index (κ1) is 13.3. The Kier molecular flexibility index (Phi) is 4.55. The average Bonchev–Trinajstić information content (AvgIpc) is 2.43. The van der Waals surface area contributed by atoms with Gasteiger partial charge in [-0.05, 0) is 23.6 Å². The van der Waals surface area contributed by atoms with Crippen LogP contribution in [0.25, 0.3) is 10.8 Å². The molecule has 2 rings (SSSR count). The number of alkyl halides is 1. The Morgan fingerprint density at radius 2 is 1.94 bits per heavy atom. The third-order valence-electron chi connectivity index (χ3n) is 2.55. The van der Waals surface area contributed by atoms with E-state index < -0.39 is 0 Å². The monoisotopic (exact) mass is 283 g/mol. The molecule has 0 bridgehead atoms. The fourth-order valence-corrected chi connectivity index (χ4v) is 2.69. The Labute approximate surface area is 115 Å². The van der Waals surface area contributed by atoms with Gasteiger partial charge in [0.25, 0.3) is 0 Å². The fraction of sp³-hybridized carbons (Fsp3) is 0.308. The first-order valence-electron chi connectivity index (χ1n) is 5.49. The molecule has 0 aliphatic heterocycles. The molecule has 1 heterocycles. The summed E-state index contributed by atoms with van der Waals surface area (Å²) in [6, 6.07) is 5.88. The molecule has 1 aromatic carbocycles. The Morgan fingerprint density at radius 1 is 1.22 bits per heavy atom. The molecule has 0 atom stereocenters. The normalized spacial score (nSPS) is 10.6. The molecule has 0 aliphatic rings. The zero-order valence-electron chi connectivity index (χ0n) is 10.3. The van der Waals surface area contributed by atoms with Gasteiger partial charge in [-0.2, -0.15) is 0 Å². The highest BCUT2D eigenvalue weighted by atomic mass is 35.5. The van der Waals surface area contributed by atoms with Crippen molar-refractivity contribution in [2.45, 2.75) is 5.03 Å². The predicted molar refractivity (Wildman–Crippen MR) is 76.3 cm³/mol. The van der Waals surface area contributed by atoms with Gasteiger partial charge in [-0.1, -0.05) is 0 Å². The summed E-state index contributed by atoms with van der Waals surface area (Å²) >= 11 is 7.36. The maximum Gasteiger partial charge on any atom is 0.161 e. The van der Waals surface area contributed by atoms with Crippen molar-refractivity contribution in [1.82, 2.24) is 4.98 Å². The number of rotatable bonds is 5. The zero-order chi connectivity index (χ0) is 13.0. The van der Waals surface area contributed by atoms with Crippen LogP contribution in [0.3, 0.4) is 0 Å². The molecule has 3 nitrogen and oxygen atoms in total. The molecule has 0 fully saturated rings. The Morgan fingerprint density at radius 3 is 2.61 bits per heavy atom. The number of methoxy groups -OCH3 is 2. The summed E-state index contributed by atoms with van der Waals surface area (Å²) in [6.45, 7) is 0. The van der Waals surface area contributed by atoms with E-state index in [1.807, 2.05) is 18.2 Å². The number of nitrogens with zero attached hydrogens (tertiary/aromatic N) is 1. The third-order valence-corrected chi connectivity index (χ3v) is 3.97. The molecule has 96 valence electrons. The Balaban J connectivity index is 2.54. The van der Waals surface area contributed by atoms with E-state index in [-0.39, 0.29) is 0 Å². The van der Waals surface area contributed by atoms with Gasteiger partial charge in [-0.25, -0.2) is 4.98 Å². The molecule has 0 N–H and O–H groups in total. The maximum absolute atomic E-state index is 5.72. The number of aromatic nitrogens is 1. The van der Waals surface area contributed by atoms with Crippen molar-refractivity contribution >= 4 is 34.1 Å². The second-order valence-electron chi connectivity index (χ2n) is 3.58. The van der Waals surface area contributed by atoms with Gasteiger partial charge in [0.15, 0.2) is 11.5 Å². The second kappa shape index (κ2) is 6.16. The van der Waals surface area contributed by atoms with Crippen molar-refractivity contribution < 1.29 is 9.47 Å². The average molecular weight is 284 g/mol. The van der Waals surface area contributed by atoms with Gasteiger partial charge in [-0.15, -0.1) is 23.4 Å². The lowest BCUT2D eigenvalue weighted by molar-refractivity contribution is 0.356. The molecule has 0 aliphatic carbocycles. The highest BCUT2D eigenvalue weighted by Crippen LogP contribution is 2.35. The highest BCUT2D eigenvalue weighted by Gasteiger charge is 2.09. The van der Waals surface area contributed by atoms with Crippen LogP contribution in [0.15, 0.2) is 29.4 Å². The Hall–Kier alpha value is -1.13. The number of pyridine rings is 1. The number of hydrogen-bond acceptors (Lipinski definition) is 4. The smallest absolute Gasteiger partial charge is 0.161 e. The molecule has 5 heteroatoms. The maximum atomic E-state index is 5.72. The van der Waals surface area contributed by atoms with Gasteiger partial charge in [0.05, 0.1) is 14.2 Å². The molecule has 0 saturated heterocycles. The lowest BCUT2D eigenvalue weighted by Gasteiger charge is -2.10. The summed E-state index contributed by atoms with van der Waals surface area (Å²) in [6.07, 6.45) is 1.80. The summed E-state index contributed by atoms with van der Waals surface area (Å²) < 4.78 is 10.6. The van der Waals surface area contributed by atoms with E-state index in [9.17, 15) is 0 Å². The molecular formula is C13H14ClNO2S. The molecule has 0 amide bonds. The van der Waals surface area contributed by atoms with Crippen molar-refractivity contribution in [2.24, 2.45) is 0 Å². The minimum Gasteiger partial charge on any atom is -0.493 e. The predicted octanol–water partition coefficient (Wildman–Crippen LogP) is 3.58. The Bertz CT molecular complexity index is 548. The molecule has 0 spiro atoms. The quantitative estimate of drug-likeness (QED) is 0.620. The first-order valence-corrected chi connectivity index (χ1v) is 7.01. The van der Waals surface area contributed by atoms with Crippen molar-refractivity contribution in [2.75, 3.05) is 25.9 Å². The van der Waals surface area contributed by atoms with Crippen molar-refractivity contribution in [3.05, 3.63) is 24.4 Å². The van der Waals surface area contributed by atoms with E-state index >= 15 is 0 Å². The van der Waals surface area contributed by atoms with Crippen LogP contribution in [0, 0.1) is 0 Å². The summed E-state index contributed by atoms with van der Waals surface area (Å²) in [5.41, 5.74) is 0. The van der Waals surface area contributed by atoms with Crippen LogP contribution in [0.1, 0.15) is 0 Å². The van der Waals surface area contributed by atoms with Gasteiger partial charge in [0.2, 0.25) is 0 Å². The number of ether oxygens (including phenoxy) is 2. The number of halogens is 1. The van der Waals surface area contributed by atoms with Crippen molar-refractivity contribution in [3.8, 4) is 11.5 Å². The number of benzene rings is 1. The standard InChI is InChI=1S/C13H14ClNO2S/c1-16-11-7-9-3-5-15-13(18-6-4-14)10(9)8-12(11)17-2/h3,5,7-8H,4,6H2,1-2H3. The van der Waals surface area contributed by atoms with E-state index in [0.717, 1.165) is 27.3 Å². The van der Waals surface area contributed by atoms with Gasteiger partial charge >= 0.3 is 0 Å². The van der Waals surface area contributed by atoms with E-state index in [1.54, 1.807) is 32.2 Å². The van der Waals surface area contributed by atoms with Crippen LogP contribution in [0.4, 0.5) is 0 Å². The molecular weight excluding hydrogens is 270 g/mol. The lowest BCUT2D eigenvalue weighted by atomic mass is 10.1. The van der Waals surface area contributed by atoms with Gasteiger partial charge in [0, 0.05) is 23.2 Å². The van der Waals surface area contributed by atoms with Crippen LogP contribution >= 0.6 is 23.4 Å². The van der Waals surface area contributed by atoms with Gasteiger partial charge in [-0.3, -0.25) is 0 Å². The summed E-state index contributed by atoms with van der Waals surface area (Å²) in [5, 5.41) is 3.11. The van der Waals surface area contributed by atoms with Crippen LogP contribution in [0.5, 0.6) is 11.5 Å². The van der Waals surface area contributed by atoms with E-state index in [0.29, 0.717) is 11.6 Å². The summed E-state index contributed by atoms with van der Waals surface area (Å²) in [4.78, 5) is 4.38. The minimum absolute atomic E-state index is 0.607. The molecule has 0 unspecified atom stereocenters. The molecule has 1 aromatic heterocycles. The third kappa shape index (κ3) is 2.65. The minimum atomic E-state index is 0.607. The fourth-order valence-electron chi connectivity index (χ4n) is 1.72. The summed E-state index contributed by atoms with van der Waals surface area (Å²) in [5.74, 6) is 2.88. The zero-order valence-corrected chi connectivity index (χ0v) is 11.8. The van der Waals surface area contributed by atoms with Crippen LogP contribution in [-0.4, -0.2) is 30.8 Å². The molecule has 18 heavy (non-hydrogen) atoms. The SMILES string of the molecule is COc1cc2ccnc(SCCCl)c2cc1OC. The molecule has 0 saturated carbocycles. The van der Waals surface area contributed by atoms with Crippen LogP contribution in [-0.2, 0) is 0 Å². The summed E-state index contributed by atoms with van der Waals surface area (Å²) in [7, 11) is 3.26. The van der Waals surface area contributed by atoms with Crippen molar-refractivity contribution in [1.29, 1.82) is 0 Å². The van der Waals surface area contributed by atoms with Crippen molar-refractivity contribution in [3.63, 3.8) is 0 Å². The van der Waals surface area contributed by atoms with E-state index in [2.05, 4.69) is 4.98 Å². The number of hydrogen-bond donors (Lipinski definition) is 0. The van der Waals surface area contributed by atoms with Crippen LogP contribution < -0.4 is 9.47 Å². The van der Waals surface area contributed by atoms with Crippen LogP contribution in [0.2, 0.25) is 0 Å². The molecule has 2 aromatic rings. The second-order valence-corrected chi connectivity index (χ2v) is 5.04. The number of thioether (sulfide) groups is 1. The lowest BCUT2D eigenvalue weighted by Crippen LogP contribution is -1.92. The largest absolute Gasteiger partial charge is 0.493 e. The van der Waals surface area contributed by atoms with E-state index in [4.69, 9.17) is 21.1 Å². The van der Waals surface area contributed by atoms with E-state index in [1.165, 1.54) is 0 Å². The topological polar surface area (TPSA) is 31.4 Å². The van der Waals surface area contributed by atoms with Gasteiger partial charge in [0.1, 0.15) is 5.03 Å². The number of fused-ring (bicyclic) bond motifs is 1. The molecule has 0 radical (unpaired) electrons.